The molecule has 7 heteroatoms. The van der Waals surface area contributed by atoms with E-state index >= 15 is 0 Å². The van der Waals surface area contributed by atoms with Gasteiger partial charge in [0, 0.05) is 26.2 Å². The molecule has 0 aromatic rings. The molecule has 0 bridgehead atoms. The van der Waals surface area contributed by atoms with Gasteiger partial charge in [0.15, 0.2) is 5.76 Å². The highest BCUT2D eigenvalue weighted by Crippen LogP contribution is 2.29. The van der Waals surface area contributed by atoms with Gasteiger partial charge in [-0.15, -0.1) is 0 Å². The summed E-state index contributed by atoms with van der Waals surface area (Å²) in [5.41, 5.74) is 0. The van der Waals surface area contributed by atoms with E-state index in [0.29, 0.717) is 11.8 Å². The topological polar surface area (TPSA) is 84.7 Å². The Labute approximate surface area is 104 Å². The third kappa shape index (κ3) is 1.84. The number of nitrogens with one attached hydrogen (secondary N) is 1. The largest absolute Gasteiger partial charge is 0.424 e. The first kappa shape index (κ1) is 11.5. The third-order valence-corrected chi connectivity index (χ3v) is 3.89. The van der Waals surface area contributed by atoms with Gasteiger partial charge in [0.2, 0.25) is 0 Å². The van der Waals surface area contributed by atoms with Crippen LogP contribution in [0.5, 0.6) is 0 Å². The van der Waals surface area contributed by atoms with Crippen molar-refractivity contribution in [1.82, 2.24) is 10.2 Å². The number of hydrogen-bond donors (Lipinski definition) is 1. The molecule has 1 N–H and O–H groups in total. The summed E-state index contributed by atoms with van der Waals surface area (Å²) < 4.78 is 5.07. The Morgan fingerprint density at radius 2 is 2.11 bits per heavy atom. The summed E-state index contributed by atoms with van der Waals surface area (Å²) in [5, 5.41) is 13.9. The van der Waals surface area contributed by atoms with E-state index in [-0.39, 0.29) is 18.1 Å². The van der Waals surface area contributed by atoms with Crippen molar-refractivity contribution in [2.75, 3.05) is 26.2 Å². The lowest BCUT2D eigenvalue weighted by Gasteiger charge is -2.17. The standard InChI is InChI=1S/C11H15N3O4/c15-11(9-1-2-10(18-9)14(16)17)13-5-7-3-12-4-8(7)6-13/h1,7-8,10,12H,2-6H2. The van der Waals surface area contributed by atoms with Crippen LogP contribution in [0, 0.1) is 22.0 Å². The first-order valence-electron chi connectivity index (χ1n) is 6.15. The molecule has 7 nitrogen and oxygen atoms in total. The van der Waals surface area contributed by atoms with Crippen LogP contribution >= 0.6 is 0 Å². The highest BCUT2D eigenvalue weighted by molar-refractivity contribution is 5.92. The summed E-state index contributed by atoms with van der Waals surface area (Å²) in [6.45, 7) is 3.35. The quantitative estimate of drug-likeness (QED) is 0.533. The maximum atomic E-state index is 12.1. The zero-order valence-corrected chi connectivity index (χ0v) is 9.87. The van der Waals surface area contributed by atoms with Crippen molar-refractivity contribution in [2.24, 2.45) is 11.8 Å². The first-order chi connectivity index (χ1) is 8.65. The molecule has 0 aromatic carbocycles. The van der Waals surface area contributed by atoms with Gasteiger partial charge >= 0.3 is 6.23 Å². The Balaban J connectivity index is 1.61. The maximum absolute atomic E-state index is 12.1. The normalized spacial score (nSPS) is 34.1. The van der Waals surface area contributed by atoms with Gasteiger partial charge in [-0.1, -0.05) is 0 Å². The molecular formula is C11H15N3O4. The van der Waals surface area contributed by atoms with Crippen molar-refractivity contribution in [1.29, 1.82) is 0 Å². The summed E-state index contributed by atoms with van der Waals surface area (Å²) >= 11 is 0. The molecule has 1 amide bonds. The molecule has 2 fully saturated rings. The van der Waals surface area contributed by atoms with E-state index in [1.807, 2.05) is 0 Å². The van der Waals surface area contributed by atoms with Crippen LogP contribution in [0.15, 0.2) is 11.8 Å². The van der Waals surface area contributed by atoms with Gasteiger partial charge in [0.25, 0.3) is 5.91 Å². The molecule has 0 saturated carbocycles. The molecule has 0 spiro atoms. The van der Waals surface area contributed by atoms with Crippen LogP contribution in [0.3, 0.4) is 0 Å². The van der Waals surface area contributed by atoms with Crippen molar-refractivity contribution in [3.63, 3.8) is 0 Å². The number of likely N-dealkylation sites (tertiary alicyclic amines) is 1. The average Bonchev–Trinajstić information content (AvgIpc) is 3.02. The Hall–Kier alpha value is -1.63. The van der Waals surface area contributed by atoms with E-state index in [9.17, 15) is 14.9 Å². The minimum absolute atomic E-state index is 0.143. The van der Waals surface area contributed by atoms with Gasteiger partial charge in [0.05, 0.1) is 11.3 Å². The van der Waals surface area contributed by atoms with Crippen molar-refractivity contribution in [3.05, 3.63) is 21.9 Å². The SMILES string of the molecule is O=C(C1=CCC([N+](=O)[O-])O1)N1CC2CNCC2C1. The summed E-state index contributed by atoms with van der Waals surface area (Å²) in [6, 6.07) is 0. The molecule has 18 heavy (non-hydrogen) atoms. The number of carbonyl (C=O) groups is 1. The summed E-state index contributed by atoms with van der Waals surface area (Å²) in [4.78, 5) is 24.0. The fraction of sp³-hybridized carbons (Fsp3) is 0.727. The van der Waals surface area contributed by atoms with Crippen LogP contribution in [0.2, 0.25) is 0 Å². The van der Waals surface area contributed by atoms with Crippen molar-refractivity contribution in [3.8, 4) is 0 Å². The third-order valence-electron chi connectivity index (χ3n) is 3.89. The first-order valence-corrected chi connectivity index (χ1v) is 6.15. The van der Waals surface area contributed by atoms with E-state index in [1.54, 1.807) is 4.90 Å². The Morgan fingerprint density at radius 1 is 1.44 bits per heavy atom. The van der Waals surface area contributed by atoms with Gasteiger partial charge < -0.3 is 15.0 Å². The Morgan fingerprint density at radius 3 is 2.67 bits per heavy atom. The number of fused-ring (bicyclic) bond motifs is 1. The second-order valence-electron chi connectivity index (χ2n) is 5.05. The highest BCUT2D eigenvalue weighted by atomic mass is 16.7. The minimum atomic E-state index is -1.09. The molecule has 98 valence electrons. The number of rotatable bonds is 2. The summed E-state index contributed by atoms with van der Waals surface area (Å²) in [6.07, 6.45) is 0.617. The molecule has 0 aromatic heterocycles. The van der Waals surface area contributed by atoms with Gasteiger partial charge in [0.1, 0.15) is 0 Å². The number of nitrogens with zero attached hydrogens (tertiary/aromatic N) is 2. The van der Waals surface area contributed by atoms with Gasteiger partial charge in [-0.25, -0.2) is 0 Å². The van der Waals surface area contributed by atoms with Crippen LogP contribution in [0.1, 0.15) is 6.42 Å². The van der Waals surface area contributed by atoms with E-state index in [0.717, 1.165) is 26.2 Å². The lowest BCUT2D eigenvalue weighted by atomic mass is 10.0. The summed E-state index contributed by atoms with van der Waals surface area (Å²) in [7, 11) is 0. The molecule has 3 heterocycles. The Kier molecular flexibility index (Phi) is 2.70. The Bertz CT molecular complexity index is 411. The zero-order chi connectivity index (χ0) is 12.7. The second kappa shape index (κ2) is 4.24. The lowest BCUT2D eigenvalue weighted by Crippen LogP contribution is -2.33. The second-order valence-corrected chi connectivity index (χ2v) is 5.05. The molecule has 3 atom stereocenters. The van der Waals surface area contributed by atoms with E-state index in [4.69, 9.17) is 4.74 Å². The lowest BCUT2D eigenvalue weighted by molar-refractivity contribution is -0.566. The van der Waals surface area contributed by atoms with E-state index < -0.39 is 11.2 Å². The van der Waals surface area contributed by atoms with Gasteiger partial charge in [-0.3, -0.25) is 14.9 Å². The van der Waals surface area contributed by atoms with Crippen LogP contribution in [-0.2, 0) is 9.53 Å². The maximum Gasteiger partial charge on any atom is 0.357 e. The molecule has 3 unspecified atom stereocenters. The number of carbonyl (C=O) groups excluding carboxylic acids is 1. The molecule has 3 aliphatic rings. The highest BCUT2D eigenvalue weighted by Gasteiger charge is 2.41. The smallest absolute Gasteiger partial charge is 0.357 e. The van der Waals surface area contributed by atoms with Gasteiger partial charge in [-0.2, -0.15) is 0 Å². The van der Waals surface area contributed by atoms with Gasteiger partial charge in [-0.05, 0) is 17.9 Å². The molecule has 0 radical (unpaired) electrons. The fourth-order valence-electron chi connectivity index (χ4n) is 2.89. The molecule has 2 saturated heterocycles. The number of hydrogen-bond acceptors (Lipinski definition) is 5. The number of amides is 1. The number of ether oxygens (including phenoxy) is 1. The van der Waals surface area contributed by atoms with Crippen LogP contribution in [0.4, 0.5) is 0 Å². The predicted molar refractivity (Wildman–Crippen MR) is 61.0 cm³/mol. The predicted octanol–water partition coefficient (Wildman–Crippen LogP) is -0.429. The molecular weight excluding hydrogens is 238 g/mol. The monoisotopic (exact) mass is 253 g/mol. The minimum Gasteiger partial charge on any atom is -0.424 e. The molecule has 0 aliphatic carbocycles. The van der Waals surface area contributed by atoms with E-state index in [1.165, 1.54) is 6.08 Å². The van der Waals surface area contributed by atoms with Crippen molar-refractivity contribution in [2.45, 2.75) is 12.6 Å². The summed E-state index contributed by atoms with van der Waals surface area (Å²) in [5.74, 6) is 0.975. The fourth-order valence-corrected chi connectivity index (χ4v) is 2.89. The average molecular weight is 253 g/mol. The van der Waals surface area contributed by atoms with Crippen LogP contribution in [0.25, 0.3) is 0 Å². The molecule has 3 aliphatic heterocycles. The van der Waals surface area contributed by atoms with Crippen molar-refractivity contribution >= 4 is 5.91 Å². The molecule has 3 rings (SSSR count). The van der Waals surface area contributed by atoms with Crippen molar-refractivity contribution < 1.29 is 14.5 Å². The van der Waals surface area contributed by atoms with E-state index in [2.05, 4.69) is 5.32 Å². The van der Waals surface area contributed by atoms with Crippen LogP contribution in [-0.4, -0.2) is 48.1 Å². The zero-order valence-electron chi connectivity index (χ0n) is 9.87. The number of nitro groups is 1. The van der Waals surface area contributed by atoms with Crippen LogP contribution < -0.4 is 5.32 Å².